The number of rotatable bonds is 7. The third-order valence-corrected chi connectivity index (χ3v) is 6.06. The molecule has 1 saturated carbocycles. The Morgan fingerprint density at radius 1 is 1.29 bits per heavy atom. The van der Waals surface area contributed by atoms with E-state index < -0.39 is 10.0 Å². The predicted octanol–water partition coefficient (Wildman–Crippen LogP) is 2.86. The van der Waals surface area contributed by atoms with Crippen molar-refractivity contribution in [3.8, 4) is 0 Å². The summed E-state index contributed by atoms with van der Waals surface area (Å²) in [6, 6.07) is 5.16. The molecule has 1 aromatic carbocycles. The molecule has 2 rings (SSSR count). The SMILES string of the molecule is CS(=O)(=O)N(CC(=O)NCCc1ccc(Cl)cc1Cl)C1CCCC1. The summed E-state index contributed by atoms with van der Waals surface area (Å²) in [7, 11) is -3.40. The second-order valence-corrected chi connectivity index (χ2v) is 8.86. The highest BCUT2D eigenvalue weighted by atomic mass is 35.5. The summed E-state index contributed by atoms with van der Waals surface area (Å²) in [5.74, 6) is -0.294. The van der Waals surface area contributed by atoms with Crippen LogP contribution >= 0.6 is 23.2 Å². The standard InChI is InChI=1S/C16H22Cl2N2O3S/c1-24(22,23)20(14-4-2-3-5-14)11-16(21)19-9-8-12-6-7-13(17)10-15(12)18/h6-7,10,14H,2-5,8-9,11H2,1H3,(H,19,21). The number of benzene rings is 1. The van der Waals surface area contributed by atoms with Crippen LogP contribution in [0.2, 0.25) is 10.0 Å². The Bertz CT molecular complexity index is 689. The first-order valence-electron chi connectivity index (χ1n) is 7.95. The van der Waals surface area contributed by atoms with Gasteiger partial charge in [-0.25, -0.2) is 8.42 Å². The molecule has 24 heavy (non-hydrogen) atoms. The zero-order valence-electron chi connectivity index (χ0n) is 13.6. The van der Waals surface area contributed by atoms with Gasteiger partial charge >= 0.3 is 0 Å². The van der Waals surface area contributed by atoms with Crippen molar-refractivity contribution in [3.05, 3.63) is 33.8 Å². The van der Waals surface area contributed by atoms with Crippen LogP contribution in [0.1, 0.15) is 31.2 Å². The van der Waals surface area contributed by atoms with E-state index >= 15 is 0 Å². The van der Waals surface area contributed by atoms with E-state index in [1.165, 1.54) is 4.31 Å². The highest BCUT2D eigenvalue weighted by Gasteiger charge is 2.30. The maximum Gasteiger partial charge on any atom is 0.235 e. The summed E-state index contributed by atoms with van der Waals surface area (Å²) in [5.41, 5.74) is 0.886. The van der Waals surface area contributed by atoms with Gasteiger partial charge in [0.25, 0.3) is 0 Å². The molecule has 0 heterocycles. The van der Waals surface area contributed by atoms with E-state index in [1.807, 2.05) is 6.07 Å². The van der Waals surface area contributed by atoms with Gasteiger partial charge in [0.05, 0.1) is 12.8 Å². The number of halogens is 2. The van der Waals surface area contributed by atoms with Gasteiger partial charge in [0.1, 0.15) is 0 Å². The smallest absolute Gasteiger partial charge is 0.235 e. The summed E-state index contributed by atoms with van der Waals surface area (Å²) >= 11 is 11.9. The molecule has 0 atom stereocenters. The average molecular weight is 393 g/mol. The van der Waals surface area contributed by atoms with E-state index in [9.17, 15) is 13.2 Å². The minimum atomic E-state index is -3.40. The van der Waals surface area contributed by atoms with Crippen LogP contribution in [0.5, 0.6) is 0 Å². The van der Waals surface area contributed by atoms with Crippen molar-refractivity contribution in [2.75, 3.05) is 19.3 Å². The van der Waals surface area contributed by atoms with Gasteiger partial charge in [-0.15, -0.1) is 0 Å². The molecule has 1 aliphatic carbocycles. The topological polar surface area (TPSA) is 66.5 Å². The molecule has 0 aromatic heterocycles. The molecule has 0 bridgehead atoms. The zero-order chi connectivity index (χ0) is 17.7. The lowest BCUT2D eigenvalue weighted by Gasteiger charge is -2.25. The molecule has 1 N–H and O–H groups in total. The van der Waals surface area contributed by atoms with Gasteiger partial charge in [-0.1, -0.05) is 42.1 Å². The van der Waals surface area contributed by atoms with Gasteiger partial charge in [0.15, 0.2) is 0 Å². The van der Waals surface area contributed by atoms with Gasteiger partial charge < -0.3 is 5.32 Å². The Morgan fingerprint density at radius 2 is 1.96 bits per heavy atom. The second-order valence-electron chi connectivity index (χ2n) is 6.08. The number of sulfonamides is 1. The van der Waals surface area contributed by atoms with E-state index in [-0.39, 0.29) is 18.5 Å². The molecule has 8 heteroatoms. The lowest BCUT2D eigenvalue weighted by atomic mass is 10.1. The number of carbonyl (C=O) groups is 1. The Kier molecular flexibility index (Phi) is 6.92. The van der Waals surface area contributed by atoms with Crippen LogP contribution in [-0.2, 0) is 21.2 Å². The molecule has 0 unspecified atom stereocenters. The van der Waals surface area contributed by atoms with Crippen LogP contribution in [-0.4, -0.2) is 44.0 Å². The van der Waals surface area contributed by atoms with Crippen LogP contribution < -0.4 is 5.32 Å². The van der Waals surface area contributed by atoms with Crippen molar-refractivity contribution in [2.45, 2.75) is 38.1 Å². The maximum absolute atomic E-state index is 12.1. The molecule has 134 valence electrons. The van der Waals surface area contributed by atoms with Crippen molar-refractivity contribution in [1.29, 1.82) is 0 Å². The number of amides is 1. The third-order valence-electron chi connectivity index (χ3n) is 4.19. The van der Waals surface area contributed by atoms with E-state index in [2.05, 4.69) is 5.32 Å². The quantitative estimate of drug-likeness (QED) is 0.775. The minimum absolute atomic E-state index is 0.0588. The largest absolute Gasteiger partial charge is 0.355 e. The summed E-state index contributed by atoms with van der Waals surface area (Å²) < 4.78 is 25.2. The fourth-order valence-electron chi connectivity index (χ4n) is 2.97. The van der Waals surface area contributed by atoms with Gasteiger partial charge in [-0.3, -0.25) is 4.79 Å². The Hall–Kier alpha value is -0.820. The van der Waals surface area contributed by atoms with Gasteiger partial charge in [-0.2, -0.15) is 4.31 Å². The molecule has 1 aromatic rings. The molecule has 1 aliphatic rings. The van der Waals surface area contributed by atoms with Crippen LogP contribution in [0.15, 0.2) is 18.2 Å². The highest BCUT2D eigenvalue weighted by molar-refractivity contribution is 7.88. The van der Waals surface area contributed by atoms with Crippen LogP contribution in [0, 0.1) is 0 Å². The molecule has 5 nitrogen and oxygen atoms in total. The molecule has 1 amide bonds. The number of hydrogen-bond acceptors (Lipinski definition) is 3. The summed E-state index contributed by atoms with van der Waals surface area (Å²) in [5, 5.41) is 3.88. The normalized spacial score (nSPS) is 15.8. The van der Waals surface area contributed by atoms with E-state index in [4.69, 9.17) is 23.2 Å². The molecule has 0 spiro atoms. The van der Waals surface area contributed by atoms with E-state index in [1.54, 1.807) is 12.1 Å². The number of hydrogen-bond donors (Lipinski definition) is 1. The summed E-state index contributed by atoms with van der Waals surface area (Å²) in [6.45, 7) is 0.264. The van der Waals surface area contributed by atoms with Gasteiger partial charge in [-0.05, 0) is 37.0 Å². The number of carbonyl (C=O) groups excluding carboxylic acids is 1. The monoisotopic (exact) mass is 392 g/mol. The molecule has 0 aliphatic heterocycles. The maximum atomic E-state index is 12.1. The van der Waals surface area contributed by atoms with Crippen molar-refractivity contribution >= 4 is 39.1 Å². The summed E-state index contributed by atoms with van der Waals surface area (Å²) in [4.78, 5) is 12.1. The molecule has 1 fully saturated rings. The summed E-state index contributed by atoms with van der Waals surface area (Å²) in [6.07, 6.45) is 5.37. The lowest BCUT2D eigenvalue weighted by molar-refractivity contribution is -0.121. The third kappa shape index (κ3) is 5.62. The average Bonchev–Trinajstić information content (AvgIpc) is 2.99. The number of nitrogens with one attached hydrogen (secondary N) is 1. The van der Waals surface area contributed by atoms with Crippen LogP contribution in [0.25, 0.3) is 0 Å². The van der Waals surface area contributed by atoms with Crippen molar-refractivity contribution in [3.63, 3.8) is 0 Å². The van der Waals surface area contributed by atoms with Crippen molar-refractivity contribution in [1.82, 2.24) is 9.62 Å². The first-order valence-corrected chi connectivity index (χ1v) is 10.6. The van der Waals surface area contributed by atoms with E-state index in [0.29, 0.717) is 23.0 Å². The number of nitrogens with zero attached hydrogens (tertiary/aromatic N) is 1. The highest BCUT2D eigenvalue weighted by Crippen LogP contribution is 2.25. The van der Waals surface area contributed by atoms with Gasteiger partial charge in [0.2, 0.25) is 15.9 Å². The first-order chi connectivity index (χ1) is 11.3. The Morgan fingerprint density at radius 3 is 2.54 bits per heavy atom. The molecular weight excluding hydrogens is 371 g/mol. The van der Waals surface area contributed by atoms with Crippen LogP contribution in [0.4, 0.5) is 0 Å². The Balaban J connectivity index is 1.87. The van der Waals surface area contributed by atoms with Crippen molar-refractivity contribution in [2.24, 2.45) is 0 Å². The fraction of sp³-hybridized carbons (Fsp3) is 0.562. The fourth-order valence-corrected chi connectivity index (χ4v) is 4.57. The predicted molar refractivity (Wildman–Crippen MR) is 97.0 cm³/mol. The van der Waals surface area contributed by atoms with Crippen LogP contribution in [0.3, 0.4) is 0 Å². The van der Waals surface area contributed by atoms with E-state index in [0.717, 1.165) is 37.5 Å². The molecule has 0 radical (unpaired) electrons. The lowest BCUT2D eigenvalue weighted by Crippen LogP contribution is -2.45. The zero-order valence-corrected chi connectivity index (χ0v) is 15.9. The second kappa shape index (κ2) is 8.52. The first kappa shape index (κ1) is 19.5. The minimum Gasteiger partial charge on any atom is -0.355 e. The molecule has 0 saturated heterocycles. The van der Waals surface area contributed by atoms with Gasteiger partial charge in [0, 0.05) is 22.6 Å². The van der Waals surface area contributed by atoms with Crippen molar-refractivity contribution < 1.29 is 13.2 Å². The molecular formula is C16H22Cl2N2O3S. The Labute approximate surface area is 153 Å².